The number of aromatic nitrogens is 2. The number of ether oxygens (including phenoxy) is 1. The highest BCUT2D eigenvalue weighted by Crippen LogP contribution is 2.37. The first-order chi connectivity index (χ1) is 12.4. The van der Waals surface area contributed by atoms with Gasteiger partial charge in [0.25, 0.3) is 5.91 Å². The molecule has 0 aliphatic heterocycles. The zero-order chi connectivity index (χ0) is 18.6. The van der Waals surface area contributed by atoms with Crippen molar-refractivity contribution < 1.29 is 27.1 Å². The standard InChI is InChI=1S/C16H10F3N3O3S/c17-16(18,19)26-12-3-1-10(2-4-12)25-11-5-6-20-13(9-11)14(23)22-15-21-7-8-24-15/h1-9H,(H,21,22,23). The third kappa shape index (κ3) is 4.99. The first-order valence-corrected chi connectivity index (χ1v) is 7.91. The van der Waals surface area contributed by atoms with Crippen LogP contribution in [0.2, 0.25) is 0 Å². The van der Waals surface area contributed by atoms with E-state index in [0.717, 1.165) is 0 Å². The van der Waals surface area contributed by atoms with Crippen molar-refractivity contribution >= 4 is 23.7 Å². The molecule has 1 amide bonds. The molecule has 1 N–H and O–H groups in total. The monoisotopic (exact) mass is 381 g/mol. The molecule has 10 heteroatoms. The van der Waals surface area contributed by atoms with Crippen LogP contribution in [0.15, 0.2) is 64.4 Å². The molecule has 134 valence electrons. The first kappa shape index (κ1) is 17.8. The highest BCUT2D eigenvalue weighted by molar-refractivity contribution is 8.00. The van der Waals surface area contributed by atoms with Crippen LogP contribution in [0.1, 0.15) is 10.5 Å². The second kappa shape index (κ2) is 7.48. The Bertz CT molecular complexity index is 884. The second-order valence-electron chi connectivity index (χ2n) is 4.79. The Labute approximate surface area is 149 Å². The molecule has 3 rings (SSSR count). The van der Waals surface area contributed by atoms with Crippen molar-refractivity contribution in [2.24, 2.45) is 0 Å². The zero-order valence-corrected chi connectivity index (χ0v) is 13.7. The van der Waals surface area contributed by atoms with Crippen LogP contribution in [0.4, 0.5) is 19.2 Å². The number of anilines is 1. The maximum absolute atomic E-state index is 12.3. The van der Waals surface area contributed by atoms with Gasteiger partial charge < -0.3 is 9.15 Å². The number of alkyl halides is 3. The summed E-state index contributed by atoms with van der Waals surface area (Å²) in [4.78, 5) is 19.8. The minimum Gasteiger partial charge on any atom is -0.457 e. The molecule has 6 nitrogen and oxygen atoms in total. The Hall–Kier alpha value is -3.01. The highest BCUT2D eigenvalue weighted by Gasteiger charge is 2.29. The molecule has 0 bridgehead atoms. The number of nitrogens with zero attached hydrogens (tertiary/aromatic N) is 2. The summed E-state index contributed by atoms with van der Waals surface area (Å²) in [5.41, 5.74) is -4.29. The Morgan fingerprint density at radius 1 is 1.08 bits per heavy atom. The predicted molar refractivity (Wildman–Crippen MR) is 87.1 cm³/mol. The Kier molecular flexibility index (Phi) is 5.12. The number of pyridine rings is 1. The van der Waals surface area contributed by atoms with Crippen molar-refractivity contribution in [2.75, 3.05) is 5.32 Å². The van der Waals surface area contributed by atoms with Crippen molar-refractivity contribution in [1.82, 2.24) is 9.97 Å². The van der Waals surface area contributed by atoms with Crippen molar-refractivity contribution in [1.29, 1.82) is 0 Å². The van der Waals surface area contributed by atoms with Crippen LogP contribution in [0, 0.1) is 0 Å². The Morgan fingerprint density at radius 3 is 2.50 bits per heavy atom. The molecule has 26 heavy (non-hydrogen) atoms. The average molecular weight is 381 g/mol. The first-order valence-electron chi connectivity index (χ1n) is 7.10. The largest absolute Gasteiger partial charge is 0.457 e. The number of nitrogens with one attached hydrogen (secondary N) is 1. The molecule has 0 saturated carbocycles. The summed E-state index contributed by atoms with van der Waals surface area (Å²) in [5, 5.41) is 2.41. The summed E-state index contributed by atoms with van der Waals surface area (Å²) >= 11 is -0.210. The number of thioether (sulfide) groups is 1. The number of hydrogen-bond donors (Lipinski definition) is 1. The molecule has 0 aliphatic carbocycles. The van der Waals surface area contributed by atoms with Gasteiger partial charge in [-0.25, -0.2) is 4.98 Å². The van der Waals surface area contributed by atoms with E-state index in [4.69, 9.17) is 9.15 Å². The SMILES string of the molecule is O=C(Nc1ncco1)c1cc(Oc2ccc(SC(F)(F)F)cc2)ccn1. The fraction of sp³-hybridized carbons (Fsp3) is 0.0625. The van der Waals surface area contributed by atoms with E-state index in [9.17, 15) is 18.0 Å². The van der Waals surface area contributed by atoms with Crippen LogP contribution in [0.3, 0.4) is 0 Å². The smallest absolute Gasteiger partial charge is 0.446 e. The summed E-state index contributed by atoms with van der Waals surface area (Å²) in [6.07, 6.45) is 4.06. The number of benzene rings is 1. The lowest BCUT2D eigenvalue weighted by Gasteiger charge is -2.09. The van der Waals surface area contributed by atoms with Crippen LogP contribution >= 0.6 is 11.8 Å². The van der Waals surface area contributed by atoms with E-state index in [1.54, 1.807) is 0 Å². The van der Waals surface area contributed by atoms with Crippen LogP contribution < -0.4 is 10.1 Å². The molecule has 0 atom stereocenters. The van der Waals surface area contributed by atoms with Gasteiger partial charge in [-0.1, -0.05) is 0 Å². The normalized spacial score (nSPS) is 11.2. The summed E-state index contributed by atoms with van der Waals surface area (Å²) in [6, 6.07) is 8.33. The number of hydrogen-bond acceptors (Lipinski definition) is 6. The summed E-state index contributed by atoms with van der Waals surface area (Å²) < 4.78 is 47.4. The molecule has 1 aromatic carbocycles. The van der Waals surface area contributed by atoms with E-state index in [-0.39, 0.29) is 28.4 Å². The van der Waals surface area contributed by atoms with Crippen LogP contribution in [-0.4, -0.2) is 21.4 Å². The summed E-state index contributed by atoms with van der Waals surface area (Å²) in [6.45, 7) is 0. The molecule has 0 saturated heterocycles. The topological polar surface area (TPSA) is 77.2 Å². The van der Waals surface area contributed by atoms with E-state index >= 15 is 0 Å². The third-order valence-corrected chi connectivity index (χ3v) is 3.65. The number of halogens is 3. The van der Waals surface area contributed by atoms with E-state index in [1.165, 1.54) is 55.1 Å². The van der Waals surface area contributed by atoms with Crippen molar-refractivity contribution in [3.63, 3.8) is 0 Å². The van der Waals surface area contributed by atoms with Gasteiger partial charge in [0, 0.05) is 17.2 Å². The van der Waals surface area contributed by atoms with Gasteiger partial charge in [-0.3, -0.25) is 15.1 Å². The molecule has 2 aromatic heterocycles. The van der Waals surface area contributed by atoms with Crippen molar-refractivity contribution in [3.8, 4) is 11.5 Å². The Morgan fingerprint density at radius 2 is 1.85 bits per heavy atom. The maximum Gasteiger partial charge on any atom is 0.446 e. The lowest BCUT2D eigenvalue weighted by molar-refractivity contribution is -0.0328. The van der Waals surface area contributed by atoms with Gasteiger partial charge in [0.1, 0.15) is 23.5 Å². The number of amides is 1. The van der Waals surface area contributed by atoms with Gasteiger partial charge in [0.2, 0.25) is 0 Å². The minimum atomic E-state index is -4.35. The number of oxazole rings is 1. The van der Waals surface area contributed by atoms with Crippen LogP contribution in [0.5, 0.6) is 11.5 Å². The van der Waals surface area contributed by atoms with E-state index in [1.807, 2.05) is 0 Å². The highest BCUT2D eigenvalue weighted by atomic mass is 32.2. The van der Waals surface area contributed by atoms with Gasteiger partial charge in [-0.15, -0.1) is 0 Å². The summed E-state index contributed by atoms with van der Waals surface area (Å²) in [7, 11) is 0. The van der Waals surface area contributed by atoms with Gasteiger partial charge >= 0.3 is 11.5 Å². The lowest BCUT2D eigenvalue weighted by atomic mass is 10.3. The fourth-order valence-corrected chi connectivity index (χ4v) is 2.43. The molecule has 0 radical (unpaired) electrons. The summed E-state index contributed by atoms with van der Waals surface area (Å²) in [5.74, 6) is 0.0744. The maximum atomic E-state index is 12.3. The quantitative estimate of drug-likeness (QED) is 0.644. The molecular weight excluding hydrogens is 371 g/mol. The minimum absolute atomic E-state index is 0.0286. The van der Waals surface area contributed by atoms with Gasteiger partial charge in [0.15, 0.2) is 0 Å². The molecule has 3 aromatic rings. The third-order valence-electron chi connectivity index (χ3n) is 2.91. The number of carbonyl (C=O) groups is 1. The van der Waals surface area contributed by atoms with Crippen LogP contribution in [-0.2, 0) is 0 Å². The molecule has 2 heterocycles. The van der Waals surface area contributed by atoms with Gasteiger partial charge in [-0.2, -0.15) is 13.2 Å². The molecule has 0 unspecified atom stereocenters. The van der Waals surface area contributed by atoms with Crippen molar-refractivity contribution in [2.45, 2.75) is 10.4 Å². The number of carbonyl (C=O) groups excluding carboxylic acids is 1. The van der Waals surface area contributed by atoms with E-state index in [2.05, 4.69) is 15.3 Å². The van der Waals surface area contributed by atoms with E-state index in [0.29, 0.717) is 11.5 Å². The predicted octanol–water partition coefficient (Wildman–Crippen LogP) is 4.73. The molecule has 0 aliphatic rings. The zero-order valence-electron chi connectivity index (χ0n) is 12.9. The number of rotatable bonds is 5. The fourth-order valence-electron chi connectivity index (χ4n) is 1.89. The Balaban J connectivity index is 1.67. The molecule has 0 fully saturated rings. The second-order valence-corrected chi connectivity index (χ2v) is 5.93. The van der Waals surface area contributed by atoms with Gasteiger partial charge in [0.05, 0.1) is 6.20 Å². The van der Waals surface area contributed by atoms with Gasteiger partial charge in [-0.05, 0) is 42.1 Å². The van der Waals surface area contributed by atoms with Crippen molar-refractivity contribution in [3.05, 3.63) is 60.7 Å². The lowest BCUT2D eigenvalue weighted by Crippen LogP contribution is -2.13. The average Bonchev–Trinajstić information content (AvgIpc) is 3.08. The van der Waals surface area contributed by atoms with Crippen LogP contribution in [0.25, 0.3) is 0 Å². The van der Waals surface area contributed by atoms with E-state index < -0.39 is 11.4 Å². The molecular formula is C16H10F3N3O3S. The molecule has 0 spiro atoms.